The number of pyridine rings is 1. The first kappa shape index (κ1) is 17.5. The van der Waals surface area contributed by atoms with Crippen LogP contribution >= 0.6 is 22.7 Å². The van der Waals surface area contributed by atoms with Crippen LogP contribution in [0.4, 0.5) is 0 Å². The minimum Gasteiger partial charge on any atom is -0.335 e. The van der Waals surface area contributed by atoms with Crippen molar-refractivity contribution in [3.63, 3.8) is 0 Å². The zero-order chi connectivity index (χ0) is 19.1. The number of thiophene rings is 2. The predicted octanol–water partition coefficient (Wildman–Crippen LogP) is 3.65. The number of hydrogen-bond acceptors (Lipinski definition) is 6. The highest BCUT2D eigenvalue weighted by Gasteiger charge is 2.32. The Kier molecular flexibility index (Phi) is 4.46. The van der Waals surface area contributed by atoms with Gasteiger partial charge in [0.2, 0.25) is 0 Å². The van der Waals surface area contributed by atoms with Crippen molar-refractivity contribution >= 4 is 34.1 Å². The van der Waals surface area contributed by atoms with Crippen molar-refractivity contribution in [2.24, 2.45) is 0 Å². The van der Waals surface area contributed by atoms with Crippen LogP contribution in [0.1, 0.15) is 22.1 Å². The molecule has 0 saturated carbocycles. The van der Waals surface area contributed by atoms with Gasteiger partial charge in [-0.15, -0.1) is 5.10 Å². The second kappa shape index (κ2) is 7.12. The van der Waals surface area contributed by atoms with Gasteiger partial charge in [0.25, 0.3) is 5.91 Å². The number of amides is 1. The highest BCUT2D eigenvalue weighted by molar-refractivity contribution is 7.08. The molecule has 0 aromatic carbocycles. The number of rotatable bonds is 3. The first-order valence-electron chi connectivity index (χ1n) is 9.10. The van der Waals surface area contributed by atoms with Gasteiger partial charge in [-0.05, 0) is 47.0 Å². The Morgan fingerprint density at radius 3 is 2.71 bits per heavy atom. The lowest BCUT2D eigenvalue weighted by Gasteiger charge is -2.38. The maximum Gasteiger partial charge on any atom is 0.254 e. The molecule has 1 atom stereocenters. The number of fused-ring (bicyclic) bond motifs is 1. The summed E-state index contributed by atoms with van der Waals surface area (Å²) >= 11 is 3.23. The van der Waals surface area contributed by atoms with Gasteiger partial charge in [0.1, 0.15) is 5.69 Å². The van der Waals surface area contributed by atoms with E-state index in [-0.39, 0.29) is 11.9 Å². The Balaban J connectivity index is 1.45. The Bertz CT molecular complexity index is 1100. The van der Waals surface area contributed by atoms with Crippen LogP contribution < -0.4 is 0 Å². The van der Waals surface area contributed by atoms with Crippen molar-refractivity contribution in [1.82, 2.24) is 24.6 Å². The second-order valence-electron chi connectivity index (χ2n) is 6.99. The van der Waals surface area contributed by atoms with Gasteiger partial charge in [-0.1, -0.05) is 11.3 Å². The quantitative estimate of drug-likeness (QED) is 0.518. The zero-order valence-corrected chi connectivity index (χ0v) is 17.0. The van der Waals surface area contributed by atoms with Crippen molar-refractivity contribution in [2.75, 3.05) is 26.7 Å². The van der Waals surface area contributed by atoms with E-state index in [0.717, 1.165) is 35.4 Å². The lowest BCUT2D eigenvalue weighted by molar-refractivity contribution is 0.0542. The van der Waals surface area contributed by atoms with Gasteiger partial charge in [-0.3, -0.25) is 9.69 Å². The third-order valence-corrected chi connectivity index (χ3v) is 6.68. The first-order valence-corrected chi connectivity index (χ1v) is 11.0. The van der Waals surface area contributed by atoms with Gasteiger partial charge in [-0.2, -0.15) is 22.7 Å². The van der Waals surface area contributed by atoms with Gasteiger partial charge in [0.05, 0.1) is 17.1 Å². The number of carbonyl (C=O) groups excluding carboxylic acids is 1. The normalized spacial score (nSPS) is 18.0. The second-order valence-corrected chi connectivity index (χ2v) is 8.55. The maximum atomic E-state index is 12.8. The molecule has 1 amide bonds. The summed E-state index contributed by atoms with van der Waals surface area (Å²) in [6.07, 6.45) is 2.02. The Labute approximate surface area is 170 Å². The van der Waals surface area contributed by atoms with Gasteiger partial charge in [-0.25, -0.2) is 4.52 Å². The van der Waals surface area contributed by atoms with E-state index in [9.17, 15) is 4.79 Å². The molecular formula is C20H19N5OS2. The monoisotopic (exact) mass is 409 g/mol. The standard InChI is InChI=1S/C20H19N5OS2/c1-23-6-7-24(20(26)16-5-9-28-13-16)11-18(23)19-17-3-2-14(10-25(17)22-21-19)15-4-8-27-12-15/h2-5,8-10,12-13,18H,6-7,11H2,1H3/t18-/m1/s1. The smallest absolute Gasteiger partial charge is 0.254 e. The highest BCUT2D eigenvalue weighted by atomic mass is 32.1. The average molecular weight is 410 g/mol. The van der Waals surface area contributed by atoms with Crippen molar-refractivity contribution < 1.29 is 4.79 Å². The van der Waals surface area contributed by atoms with Crippen molar-refractivity contribution in [3.05, 3.63) is 63.2 Å². The van der Waals surface area contributed by atoms with Crippen molar-refractivity contribution in [3.8, 4) is 11.1 Å². The summed E-state index contributed by atoms with van der Waals surface area (Å²) in [5.74, 6) is 0.0931. The summed E-state index contributed by atoms with van der Waals surface area (Å²) in [7, 11) is 2.09. The predicted molar refractivity (Wildman–Crippen MR) is 112 cm³/mol. The number of hydrogen-bond donors (Lipinski definition) is 0. The molecule has 4 aromatic rings. The van der Waals surface area contributed by atoms with Crippen molar-refractivity contribution in [1.29, 1.82) is 0 Å². The topological polar surface area (TPSA) is 53.7 Å². The Hall–Kier alpha value is -2.55. The summed E-state index contributed by atoms with van der Waals surface area (Å²) in [6.45, 7) is 2.15. The fourth-order valence-corrected chi connectivity index (χ4v) is 4.97. The molecule has 28 heavy (non-hydrogen) atoms. The van der Waals surface area contributed by atoms with Gasteiger partial charge in [0.15, 0.2) is 0 Å². The molecule has 0 radical (unpaired) electrons. The molecule has 5 heterocycles. The molecule has 0 unspecified atom stereocenters. The maximum absolute atomic E-state index is 12.8. The van der Waals surface area contributed by atoms with Gasteiger partial charge < -0.3 is 4.90 Å². The van der Waals surface area contributed by atoms with Crippen LogP contribution in [0.15, 0.2) is 52.0 Å². The number of carbonyl (C=O) groups is 1. The molecule has 1 aliphatic rings. The van der Waals surface area contributed by atoms with Crippen LogP contribution in [0.5, 0.6) is 0 Å². The highest BCUT2D eigenvalue weighted by Crippen LogP contribution is 2.29. The van der Waals surface area contributed by atoms with Crippen LogP contribution in [-0.2, 0) is 0 Å². The number of nitrogens with zero attached hydrogens (tertiary/aromatic N) is 5. The van der Waals surface area contributed by atoms with E-state index in [0.29, 0.717) is 6.54 Å². The van der Waals surface area contributed by atoms with Gasteiger partial charge >= 0.3 is 0 Å². The molecule has 142 valence electrons. The summed E-state index contributed by atoms with van der Waals surface area (Å²) < 4.78 is 1.84. The molecule has 0 N–H and O–H groups in total. The molecule has 5 rings (SSSR count). The van der Waals surface area contributed by atoms with E-state index in [1.54, 1.807) is 22.7 Å². The van der Waals surface area contributed by atoms with E-state index >= 15 is 0 Å². The first-order chi connectivity index (χ1) is 13.7. The molecule has 6 nitrogen and oxygen atoms in total. The number of piperazine rings is 1. The largest absolute Gasteiger partial charge is 0.335 e. The number of likely N-dealkylation sites (N-methyl/N-ethyl adjacent to an activating group) is 1. The summed E-state index contributed by atoms with van der Waals surface area (Å²) in [5.41, 5.74) is 4.98. The number of aromatic nitrogens is 3. The third-order valence-electron chi connectivity index (χ3n) is 5.31. The molecule has 1 fully saturated rings. The third kappa shape index (κ3) is 3.03. The van der Waals surface area contributed by atoms with Gasteiger partial charge in [0, 0.05) is 36.8 Å². The molecule has 8 heteroatoms. The van der Waals surface area contributed by atoms with E-state index in [2.05, 4.69) is 51.2 Å². The van der Waals surface area contributed by atoms with E-state index in [1.165, 1.54) is 5.56 Å². The SMILES string of the molecule is CN1CCN(C(=O)c2ccsc2)C[C@@H]1c1nnn2cc(-c3ccsc3)ccc12. The summed E-state index contributed by atoms with van der Waals surface area (Å²) in [6, 6.07) is 8.21. The van der Waals surface area contributed by atoms with Crippen molar-refractivity contribution in [2.45, 2.75) is 6.04 Å². The lowest BCUT2D eigenvalue weighted by Crippen LogP contribution is -2.49. The summed E-state index contributed by atoms with van der Waals surface area (Å²) in [4.78, 5) is 17.0. The molecular weight excluding hydrogens is 390 g/mol. The Morgan fingerprint density at radius 1 is 1.07 bits per heavy atom. The van der Waals surface area contributed by atoms with E-state index in [4.69, 9.17) is 0 Å². The lowest BCUT2D eigenvalue weighted by atomic mass is 10.1. The zero-order valence-electron chi connectivity index (χ0n) is 15.4. The van der Waals surface area contributed by atoms with E-state index in [1.807, 2.05) is 32.4 Å². The molecule has 0 spiro atoms. The molecule has 1 aliphatic heterocycles. The summed E-state index contributed by atoms with van der Waals surface area (Å²) in [5, 5.41) is 16.9. The molecule has 4 aromatic heterocycles. The average Bonchev–Trinajstić information content (AvgIpc) is 3.48. The van der Waals surface area contributed by atoms with Crippen LogP contribution in [0.25, 0.3) is 16.6 Å². The minimum absolute atomic E-state index is 0.0285. The molecule has 0 aliphatic carbocycles. The fraction of sp³-hybridized carbons (Fsp3) is 0.250. The minimum atomic E-state index is 0.0285. The van der Waals surface area contributed by atoms with Crippen LogP contribution in [0.3, 0.4) is 0 Å². The Morgan fingerprint density at radius 2 is 1.93 bits per heavy atom. The molecule has 0 bridgehead atoms. The fourth-order valence-electron chi connectivity index (χ4n) is 3.67. The van der Waals surface area contributed by atoms with Crippen LogP contribution in [0.2, 0.25) is 0 Å². The molecule has 1 saturated heterocycles. The van der Waals surface area contributed by atoms with E-state index < -0.39 is 0 Å². The van der Waals surface area contributed by atoms with Crippen LogP contribution in [0, 0.1) is 0 Å². The van der Waals surface area contributed by atoms with Crippen LogP contribution in [-0.4, -0.2) is 57.2 Å².